The summed E-state index contributed by atoms with van der Waals surface area (Å²) in [7, 11) is 0. The van der Waals surface area contributed by atoms with Gasteiger partial charge in [0.15, 0.2) is 5.09 Å². The minimum absolute atomic E-state index is 0.380. The first-order valence-electron chi connectivity index (χ1n) is 7.58. The number of furan rings is 1. The van der Waals surface area contributed by atoms with E-state index in [0.29, 0.717) is 21.6 Å². The number of urea groups is 1. The van der Waals surface area contributed by atoms with Crippen molar-refractivity contribution in [3.05, 3.63) is 75.7 Å². The van der Waals surface area contributed by atoms with Crippen LogP contribution in [0, 0.1) is 5.82 Å². The smallest absolute Gasteiger partial charge is 0.339 e. The predicted molar refractivity (Wildman–Crippen MR) is 108 cm³/mol. The predicted octanol–water partition coefficient (Wildman–Crippen LogP) is 6.14. The summed E-state index contributed by atoms with van der Waals surface area (Å²) in [6.45, 7) is 0. The molecule has 2 aromatic carbocycles. The second-order valence-corrected chi connectivity index (χ2v) is 7.51. The lowest BCUT2D eigenvalue weighted by Gasteiger charge is -2.03. The zero-order valence-corrected chi connectivity index (χ0v) is 16.7. The minimum atomic E-state index is -0.556. The van der Waals surface area contributed by atoms with Gasteiger partial charge in [-0.25, -0.2) is 14.6 Å². The topological polar surface area (TPSA) is 66.6 Å². The van der Waals surface area contributed by atoms with Gasteiger partial charge in [0.25, 0.3) is 0 Å². The number of anilines is 1. The second-order valence-electron chi connectivity index (χ2n) is 5.17. The minimum Gasteiger partial charge on any atom is -0.447 e. The second kappa shape index (κ2) is 9.07. The first kappa shape index (κ1) is 19.5. The fourth-order valence-electron chi connectivity index (χ4n) is 1.96. The number of halogens is 3. The van der Waals surface area contributed by atoms with Crippen molar-refractivity contribution in [3.63, 3.8) is 0 Å². The summed E-state index contributed by atoms with van der Waals surface area (Å²) in [5.74, 6) is 0.0788. The Morgan fingerprint density at radius 3 is 2.59 bits per heavy atom. The van der Waals surface area contributed by atoms with Gasteiger partial charge in [-0.15, -0.1) is 0 Å². The Labute approximate surface area is 172 Å². The van der Waals surface area contributed by atoms with E-state index < -0.39 is 6.03 Å². The van der Waals surface area contributed by atoms with Gasteiger partial charge in [0.05, 0.1) is 10.7 Å². The van der Waals surface area contributed by atoms with Crippen LogP contribution in [-0.2, 0) is 0 Å². The van der Waals surface area contributed by atoms with Crippen LogP contribution in [0.15, 0.2) is 78.6 Å². The highest BCUT2D eigenvalue weighted by Crippen LogP contribution is 2.35. The molecule has 0 radical (unpaired) electrons. The maximum Gasteiger partial charge on any atom is 0.339 e. The highest BCUT2D eigenvalue weighted by atomic mass is 79.9. The van der Waals surface area contributed by atoms with Crippen molar-refractivity contribution < 1.29 is 13.6 Å². The van der Waals surface area contributed by atoms with E-state index in [2.05, 4.69) is 31.8 Å². The molecular weight excluding hydrogens is 457 g/mol. The van der Waals surface area contributed by atoms with Gasteiger partial charge in [-0.05, 0) is 64.5 Å². The number of nitrogens with zero attached hydrogens (tertiary/aromatic N) is 1. The molecule has 0 bridgehead atoms. The molecule has 5 nitrogen and oxygen atoms in total. The Morgan fingerprint density at radius 2 is 1.89 bits per heavy atom. The summed E-state index contributed by atoms with van der Waals surface area (Å²) in [6, 6.07) is 13.9. The Kier molecular flexibility index (Phi) is 6.54. The number of carbonyl (C=O) groups is 1. The molecule has 1 heterocycles. The van der Waals surface area contributed by atoms with Gasteiger partial charge < -0.3 is 9.73 Å². The van der Waals surface area contributed by atoms with Crippen LogP contribution in [0.1, 0.15) is 5.76 Å². The zero-order valence-electron chi connectivity index (χ0n) is 13.6. The van der Waals surface area contributed by atoms with Crippen molar-refractivity contribution in [2.75, 3.05) is 5.32 Å². The standard InChI is InChI=1S/C18H12BrClFN3O2S/c19-16-9-14(26-17(16)27-15-7-1-11(20)2-8-15)10-22-24-18(25)23-13-5-3-12(21)4-6-13/h1-10H,(H2,23,24,25)/b22-10+. The lowest BCUT2D eigenvalue weighted by Crippen LogP contribution is -2.24. The summed E-state index contributed by atoms with van der Waals surface area (Å²) in [4.78, 5) is 12.7. The van der Waals surface area contributed by atoms with Crippen molar-refractivity contribution in [3.8, 4) is 0 Å². The van der Waals surface area contributed by atoms with E-state index in [0.717, 1.165) is 9.37 Å². The van der Waals surface area contributed by atoms with Gasteiger partial charge in [-0.3, -0.25) is 0 Å². The molecule has 0 aliphatic rings. The molecule has 0 atom stereocenters. The average molecular weight is 469 g/mol. The number of benzene rings is 2. The fraction of sp³-hybridized carbons (Fsp3) is 0. The van der Waals surface area contributed by atoms with E-state index >= 15 is 0 Å². The van der Waals surface area contributed by atoms with Crippen molar-refractivity contribution in [1.82, 2.24) is 5.43 Å². The molecule has 0 saturated carbocycles. The van der Waals surface area contributed by atoms with Crippen LogP contribution in [0.25, 0.3) is 0 Å². The normalized spacial score (nSPS) is 10.9. The summed E-state index contributed by atoms with van der Waals surface area (Å²) in [5.41, 5.74) is 2.76. The molecule has 1 aromatic heterocycles. The van der Waals surface area contributed by atoms with Crippen LogP contribution < -0.4 is 10.7 Å². The summed E-state index contributed by atoms with van der Waals surface area (Å²) >= 11 is 10.7. The number of nitrogens with one attached hydrogen (secondary N) is 2. The number of hydrogen-bond donors (Lipinski definition) is 2. The lowest BCUT2D eigenvalue weighted by molar-refractivity contribution is 0.252. The zero-order chi connectivity index (χ0) is 19.2. The van der Waals surface area contributed by atoms with Gasteiger partial charge >= 0.3 is 6.03 Å². The number of hydrazone groups is 1. The number of amides is 2. The molecule has 0 unspecified atom stereocenters. The Bertz CT molecular complexity index is 962. The lowest BCUT2D eigenvalue weighted by atomic mass is 10.3. The molecule has 27 heavy (non-hydrogen) atoms. The van der Waals surface area contributed by atoms with Crippen LogP contribution in [-0.4, -0.2) is 12.2 Å². The molecule has 3 aromatic rings. The molecule has 0 fully saturated rings. The summed E-state index contributed by atoms with van der Waals surface area (Å²) < 4.78 is 19.3. The molecule has 0 saturated heterocycles. The molecule has 2 N–H and O–H groups in total. The quantitative estimate of drug-likeness (QED) is 0.349. The van der Waals surface area contributed by atoms with Gasteiger partial charge in [0.2, 0.25) is 0 Å². The van der Waals surface area contributed by atoms with Gasteiger partial charge in [0, 0.05) is 21.7 Å². The van der Waals surface area contributed by atoms with E-state index in [1.54, 1.807) is 18.2 Å². The Morgan fingerprint density at radius 1 is 1.19 bits per heavy atom. The van der Waals surface area contributed by atoms with E-state index in [4.69, 9.17) is 16.0 Å². The summed E-state index contributed by atoms with van der Waals surface area (Å²) in [5, 5.41) is 7.66. The third-order valence-corrected chi connectivity index (χ3v) is 5.26. The molecule has 0 aliphatic heterocycles. The number of carbonyl (C=O) groups excluding carboxylic acids is 1. The Hall–Kier alpha value is -2.29. The third kappa shape index (κ3) is 5.85. The van der Waals surface area contributed by atoms with Crippen LogP contribution >= 0.6 is 39.3 Å². The molecule has 3 rings (SSSR count). The van der Waals surface area contributed by atoms with Gasteiger partial charge in [0.1, 0.15) is 11.6 Å². The third-order valence-electron chi connectivity index (χ3n) is 3.16. The number of hydrogen-bond acceptors (Lipinski definition) is 4. The molecule has 138 valence electrons. The average Bonchev–Trinajstić information content (AvgIpc) is 2.98. The maximum absolute atomic E-state index is 12.8. The molecule has 0 aliphatic carbocycles. The fourth-order valence-corrected chi connectivity index (χ4v) is 3.41. The highest BCUT2D eigenvalue weighted by molar-refractivity contribution is 9.10. The summed E-state index contributed by atoms with van der Waals surface area (Å²) in [6.07, 6.45) is 1.38. The van der Waals surface area contributed by atoms with Crippen molar-refractivity contribution in [2.45, 2.75) is 9.99 Å². The Balaban J connectivity index is 1.56. The SMILES string of the molecule is O=C(N/N=C/c1cc(Br)c(Sc2ccc(Cl)cc2)o1)Nc1ccc(F)cc1. The van der Waals surface area contributed by atoms with Gasteiger partial charge in [-0.2, -0.15) is 5.10 Å². The number of rotatable bonds is 5. The van der Waals surface area contributed by atoms with Crippen LogP contribution in [0.2, 0.25) is 5.02 Å². The first-order valence-corrected chi connectivity index (χ1v) is 9.57. The van der Waals surface area contributed by atoms with Crippen molar-refractivity contribution >= 4 is 57.2 Å². The first-order chi connectivity index (χ1) is 13.0. The van der Waals surface area contributed by atoms with E-state index in [1.807, 2.05) is 12.1 Å². The van der Waals surface area contributed by atoms with Crippen LogP contribution in [0.3, 0.4) is 0 Å². The van der Waals surface area contributed by atoms with E-state index in [9.17, 15) is 9.18 Å². The molecule has 0 spiro atoms. The monoisotopic (exact) mass is 467 g/mol. The highest BCUT2D eigenvalue weighted by Gasteiger charge is 2.10. The van der Waals surface area contributed by atoms with Crippen molar-refractivity contribution in [2.24, 2.45) is 5.10 Å². The van der Waals surface area contributed by atoms with Crippen molar-refractivity contribution in [1.29, 1.82) is 0 Å². The van der Waals surface area contributed by atoms with E-state index in [-0.39, 0.29) is 5.82 Å². The molecule has 9 heteroatoms. The molecular formula is C18H12BrClFN3O2S. The maximum atomic E-state index is 12.8. The van der Waals surface area contributed by atoms with Gasteiger partial charge in [-0.1, -0.05) is 23.4 Å². The van der Waals surface area contributed by atoms with E-state index in [1.165, 1.54) is 42.2 Å². The van der Waals surface area contributed by atoms with Crippen LogP contribution in [0.4, 0.5) is 14.9 Å². The van der Waals surface area contributed by atoms with Crippen LogP contribution in [0.5, 0.6) is 0 Å². The largest absolute Gasteiger partial charge is 0.447 e. The molecule has 2 amide bonds.